The largest absolute Gasteiger partial charge is 0.504 e. The Bertz CT molecular complexity index is 858. The van der Waals surface area contributed by atoms with Crippen molar-refractivity contribution in [2.24, 2.45) is 0 Å². The van der Waals surface area contributed by atoms with Gasteiger partial charge in [0.1, 0.15) is 12.6 Å². The van der Waals surface area contributed by atoms with Gasteiger partial charge in [0.25, 0.3) is 0 Å². The summed E-state index contributed by atoms with van der Waals surface area (Å²) in [6.07, 6.45) is 1.49. The maximum atomic E-state index is 12.6. The van der Waals surface area contributed by atoms with Crippen LogP contribution in [0.5, 0.6) is 11.5 Å². The Morgan fingerprint density at radius 3 is 3.04 bits per heavy atom. The summed E-state index contributed by atoms with van der Waals surface area (Å²) in [5.74, 6) is 0.161. The summed E-state index contributed by atoms with van der Waals surface area (Å²) in [6, 6.07) is 4.17. The van der Waals surface area contributed by atoms with Gasteiger partial charge in [0, 0.05) is 5.70 Å². The van der Waals surface area contributed by atoms with Crippen molar-refractivity contribution >= 4 is 11.9 Å². The van der Waals surface area contributed by atoms with E-state index in [0.717, 1.165) is 0 Å². The lowest BCUT2D eigenvalue weighted by Crippen LogP contribution is -2.29. The number of aromatic hydroxyl groups is 1. The molecule has 2 aromatic rings. The van der Waals surface area contributed by atoms with E-state index in [1.807, 2.05) is 0 Å². The van der Waals surface area contributed by atoms with E-state index in [-0.39, 0.29) is 18.1 Å². The van der Waals surface area contributed by atoms with Crippen LogP contribution in [0.2, 0.25) is 0 Å². The number of anilines is 1. The molecule has 1 atom stereocenters. The van der Waals surface area contributed by atoms with E-state index in [1.54, 1.807) is 19.1 Å². The van der Waals surface area contributed by atoms with Gasteiger partial charge in [-0.2, -0.15) is 4.68 Å². The molecule has 0 saturated carbocycles. The van der Waals surface area contributed by atoms with Gasteiger partial charge < -0.3 is 19.9 Å². The minimum Gasteiger partial charge on any atom is -0.504 e. The highest BCUT2D eigenvalue weighted by molar-refractivity contribution is 5.92. The number of fused-ring (bicyclic) bond motifs is 1. The van der Waals surface area contributed by atoms with E-state index in [1.165, 1.54) is 23.9 Å². The first-order valence-electron chi connectivity index (χ1n) is 7.47. The second kappa shape index (κ2) is 6.63. The van der Waals surface area contributed by atoms with Crippen molar-refractivity contribution < 1.29 is 19.4 Å². The van der Waals surface area contributed by atoms with E-state index in [9.17, 15) is 9.90 Å². The maximum Gasteiger partial charge on any atom is 0.338 e. The van der Waals surface area contributed by atoms with Gasteiger partial charge in [0.15, 0.2) is 11.5 Å². The van der Waals surface area contributed by atoms with Crippen LogP contribution in [0.3, 0.4) is 0 Å². The molecule has 2 heterocycles. The van der Waals surface area contributed by atoms with Crippen LogP contribution in [0.25, 0.3) is 0 Å². The molecule has 3 rings (SSSR count). The number of esters is 1. The van der Waals surface area contributed by atoms with Crippen molar-refractivity contribution in [3.05, 3.63) is 47.7 Å². The highest BCUT2D eigenvalue weighted by Gasteiger charge is 2.35. The van der Waals surface area contributed by atoms with Gasteiger partial charge in [0.2, 0.25) is 5.95 Å². The molecule has 0 radical (unpaired) electrons. The van der Waals surface area contributed by atoms with E-state index in [0.29, 0.717) is 22.8 Å². The monoisotopic (exact) mass is 343 g/mol. The first kappa shape index (κ1) is 16.5. The summed E-state index contributed by atoms with van der Waals surface area (Å²) in [5, 5.41) is 24.3. The normalized spacial score (nSPS) is 16.0. The molecule has 1 aromatic carbocycles. The zero-order valence-electron chi connectivity index (χ0n) is 13.8. The zero-order valence-corrected chi connectivity index (χ0v) is 13.8. The van der Waals surface area contributed by atoms with Crippen molar-refractivity contribution in [1.29, 1.82) is 0 Å². The molecule has 0 aliphatic carbocycles. The molecule has 1 aliphatic rings. The first-order chi connectivity index (χ1) is 12.1. The molecule has 9 heteroatoms. The van der Waals surface area contributed by atoms with E-state index < -0.39 is 12.0 Å². The zero-order chi connectivity index (χ0) is 18.0. The number of carbonyl (C=O) groups excluding carboxylic acids is 1. The quantitative estimate of drug-likeness (QED) is 0.619. The van der Waals surface area contributed by atoms with Gasteiger partial charge >= 0.3 is 5.97 Å². The van der Waals surface area contributed by atoms with Crippen LogP contribution in [-0.4, -0.2) is 45.0 Å². The van der Waals surface area contributed by atoms with Crippen LogP contribution in [0.4, 0.5) is 5.95 Å². The number of tetrazole rings is 1. The molecular formula is C16H17N5O4. The van der Waals surface area contributed by atoms with Crippen LogP contribution in [0.1, 0.15) is 18.5 Å². The van der Waals surface area contributed by atoms with Crippen molar-refractivity contribution in [3.63, 3.8) is 0 Å². The Labute approximate surface area is 143 Å². The number of ether oxygens (including phenoxy) is 2. The molecule has 9 nitrogen and oxygen atoms in total. The molecule has 1 aromatic heterocycles. The number of carbonyl (C=O) groups is 1. The number of methoxy groups -OCH3 is 1. The molecular weight excluding hydrogens is 326 g/mol. The van der Waals surface area contributed by atoms with Gasteiger partial charge in [-0.05, 0) is 35.0 Å². The Morgan fingerprint density at radius 2 is 2.32 bits per heavy atom. The molecule has 0 unspecified atom stereocenters. The predicted molar refractivity (Wildman–Crippen MR) is 88.1 cm³/mol. The van der Waals surface area contributed by atoms with E-state index in [2.05, 4.69) is 27.4 Å². The second-order valence-corrected chi connectivity index (χ2v) is 5.33. The predicted octanol–water partition coefficient (Wildman–Crippen LogP) is 1.41. The number of phenolic OH excluding ortho intramolecular Hbond substituents is 1. The molecule has 0 amide bonds. The number of nitrogens with zero attached hydrogens (tertiary/aromatic N) is 4. The van der Waals surface area contributed by atoms with Gasteiger partial charge in [0.05, 0.1) is 12.7 Å². The Balaban J connectivity index is 2.12. The van der Waals surface area contributed by atoms with Crippen LogP contribution in [0, 0.1) is 0 Å². The summed E-state index contributed by atoms with van der Waals surface area (Å²) in [5.41, 5.74) is 1.59. The third kappa shape index (κ3) is 2.91. The minimum absolute atomic E-state index is 0.00592. The fourth-order valence-electron chi connectivity index (χ4n) is 2.66. The summed E-state index contributed by atoms with van der Waals surface area (Å²) in [7, 11) is 1.45. The topological polar surface area (TPSA) is 111 Å². The second-order valence-electron chi connectivity index (χ2n) is 5.33. The van der Waals surface area contributed by atoms with Gasteiger partial charge in [-0.25, -0.2) is 4.79 Å². The minimum atomic E-state index is -0.627. The number of nitrogens with one attached hydrogen (secondary N) is 1. The average Bonchev–Trinajstić information content (AvgIpc) is 3.07. The summed E-state index contributed by atoms with van der Waals surface area (Å²) < 4.78 is 11.8. The van der Waals surface area contributed by atoms with Crippen LogP contribution in [0.15, 0.2) is 42.1 Å². The SMILES string of the molecule is C=CCOC(=O)C1=C(C)Nc2nnnn2[C@H]1c1ccc(O)c(OC)c1. The van der Waals surface area contributed by atoms with Gasteiger partial charge in [-0.3, -0.25) is 0 Å². The number of hydrogen-bond acceptors (Lipinski definition) is 8. The van der Waals surface area contributed by atoms with Crippen molar-refractivity contribution in [2.75, 3.05) is 19.0 Å². The number of benzene rings is 1. The Hall–Kier alpha value is -3.36. The Morgan fingerprint density at radius 1 is 1.52 bits per heavy atom. The lowest BCUT2D eigenvalue weighted by Gasteiger charge is -2.27. The number of aromatic nitrogens is 4. The molecule has 0 bridgehead atoms. The summed E-state index contributed by atoms with van der Waals surface area (Å²) in [4.78, 5) is 12.6. The molecule has 1 aliphatic heterocycles. The molecule has 0 fully saturated rings. The number of hydrogen-bond donors (Lipinski definition) is 2. The lowest BCUT2D eigenvalue weighted by molar-refractivity contribution is -0.138. The summed E-state index contributed by atoms with van der Waals surface area (Å²) in [6.45, 7) is 5.37. The number of phenols is 1. The Kier molecular flexibility index (Phi) is 4.38. The summed E-state index contributed by atoms with van der Waals surface area (Å²) >= 11 is 0. The standard InChI is InChI=1S/C16H17N5O4/c1-4-7-25-15(23)13-9(2)17-16-18-19-20-21(16)14(13)10-5-6-11(22)12(8-10)24-3/h4-6,8,14,22H,1,7H2,2-3H3,(H,17,18,20)/t14-/m0/s1. The number of allylic oxidation sites excluding steroid dienone is 1. The molecule has 130 valence electrons. The van der Waals surface area contributed by atoms with Crippen molar-refractivity contribution in [3.8, 4) is 11.5 Å². The first-order valence-corrected chi connectivity index (χ1v) is 7.47. The average molecular weight is 343 g/mol. The highest BCUT2D eigenvalue weighted by atomic mass is 16.5. The third-order valence-corrected chi connectivity index (χ3v) is 3.79. The van der Waals surface area contributed by atoms with Crippen LogP contribution < -0.4 is 10.1 Å². The van der Waals surface area contributed by atoms with Crippen molar-refractivity contribution in [1.82, 2.24) is 20.2 Å². The highest BCUT2D eigenvalue weighted by Crippen LogP contribution is 2.38. The number of rotatable bonds is 5. The van der Waals surface area contributed by atoms with Crippen molar-refractivity contribution in [2.45, 2.75) is 13.0 Å². The fraction of sp³-hybridized carbons (Fsp3) is 0.250. The van der Waals surface area contributed by atoms with Crippen LogP contribution in [-0.2, 0) is 9.53 Å². The van der Waals surface area contributed by atoms with Crippen LogP contribution >= 0.6 is 0 Å². The lowest BCUT2D eigenvalue weighted by atomic mass is 9.95. The third-order valence-electron chi connectivity index (χ3n) is 3.79. The molecule has 0 saturated heterocycles. The van der Waals surface area contributed by atoms with Gasteiger partial charge in [-0.1, -0.05) is 23.8 Å². The fourth-order valence-corrected chi connectivity index (χ4v) is 2.66. The maximum absolute atomic E-state index is 12.6. The van der Waals surface area contributed by atoms with Gasteiger partial charge in [-0.15, -0.1) is 0 Å². The van der Waals surface area contributed by atoms with E-state index in [4.69, 9.17) is 9.47 Å². The molecule has 0 spiro atoms. The molecule has 2 N–H and O–H groups in total. The molecule has 25 heavy (non-hydrogen) atoms. The smallest absolute Gasteiger partial charge is 0.338 e. The van der Waals surface area contributed by atoms with E-state index >= 15 is 0 Å².